The number of carbonyl (C=O) groups is 1. The quantitative estimate of drug-likeness (QED) is 0.783. The third-order valence-corrected chi connectivity index (χ3v) is 5.13. The second-order valence-electron chi connectivity index (χ2n) is 7.09. The van der Waals surface area contributed by atoms with Crippen LogP contribution in [0.25, 0.3) is 0 Å². The first-order valence-electron chi connectivity index (χ1n) is 7.89. The molecule has 110 valence electrons. The van der Waals surface area contributed by atoms with E-state index in [-0.39, 0.29) is 5.92 Å². The maximum absolute atomic E-state index is 12.3. The van der Waals surface area contributed by atoms with Gasteiger partial charge in [0.1, 0.15) is 5.78 Å². The van der Waals surface area contributed by atoms with E-state index in [0.717, 1.165) is 19.5 Å². The van der Waals surface area contributed by atoms with Crippen molar-refractivity contribution in [2.75, 3.05) is 33.7 Å². The van der Waals surface area contributed by atoms with Crippen LogP contribution >= 0.6 is 0 Å². The number of rotatable bonds is 3. The Kier molecular flexibility index (Phi) is 5.02. The number of carbonyl (C=O) groups excluding carboxylic acids is 1. The molecule has 0 aromatic rings. The SMILES string of the molecule is CC1CC(=O)C(CN(C)C2CCCN(C)C2)C(C)C1. The van der Waals surface area contributed by atoms with Crippen molar-refractivity contribution in [1.82, 2.24) is 9.80 Å². The minimum Gasteiger partial charge on any atom is -0.305 e. The number of likely N-dealkylation sites (tertiary alicyclic amines) is 1. The fourth-order valence-corrected chi connectivity index (χ4v) is 3.93. The fourth-order valence-electron chi connectivity index (χ4n) is 3.93. The molecule has 4 atom stereocenters. The Labute approximate surface area is 118 Å². The van der Waals surface area contributed by atoms with Crippen LogP contribution in [0.4, 0.5) is 0 Å². The van der Waals surface area contributed by atoms with Crippen molar-refractivity contribution in [2.24, 2.45) is 17.8 Å². The smallest absolute Gasteiger partial charge is 0.137 e. The number of hydrogen-bond acceptors (Lipinski definition) is 3. The van der Waals surface area contributed by atoms with E-state index in [4.69, 9.17) is 0 Å². The summed E-state index contributed by atoms with van der Waals surface area (Å²) >= 11 is 0. The molecule has 1 saturated carbocycles. The lowest BCUT2D eigenvalue weighted by molar-refractivity contribution is -0.128. The number of likely N-dealkylation sites (N-methyl/N-ethyl adjacent to an activating group) is 2. The van der Waals surface area contributed by atoms with E-state index in [9.17, 15) is 4.79 Å². The van der Waals surface area contributed by atoms with E-state index < -0.39 is 0 Å². The molecule has 1 aliphatic heterocycles. The van der Waals surface area contributed by atoms with Gasteiger partial charge in [-0.15, -0.1) is 0 Å². The predicted octanol–water partition coefficient (Wildman–Crippen LogP) is 2.26. The number of ketones is 1. The van der Waals surface area contributed by atoms with E-state index >= 15 is 0 Å². The minimum atomic E-state index is 0.272. The highest BCUT2D eigenvalue weighted by Gasteiger charge is 2.34. The lowest BCUT2D eigenvalue weighted by Crippen LogP contribution is -2.48. The van der Waals surface area contributed by atoms with Gasteiger partial charge < -0.3 is 9.80 Å². The average Bonchev–Trinajstić information content (AvgIpc) is 2.33. The molecular weight excluding hydrogens is 236 g/mol. The first-order chi connectivity index (χ1) is 8.97. The molecule has 4 unspecified atom stereocenters. The first-order valence-corrected chi connectivity index (χ1v) is 7.89. The maximum atomic E-state index is 12.3. The summed E-state index contributed by atoms with van der Waals surface area (Å²) in [6, 6.07) is 0.637. The topological polar surface area (TPSA) is 23.6 Å². The molecule has 1 aliphatic carbocycles. The van der Waals surface area contributed by atoms with Crippen LogP contribution < -0.4 is 0 Å². The molecule has 0 N–H and O–H groups in total. The summed E-state index contributed by atoms with van der Waals surface area (Å²) in [5.74, 6) is 1.92. The summed E-state index contributed by atoms with van der Waals surface area (Å²) in [7, 11) is 4.41. The van der Waals surface area contributed by atoms with Gasteiger partial charge in [-0.3, -0.25) is 4.79 Å². The molecular formula is C16H30N2O. The van der Waals surface area contributed by atoms with Crippen LogP contribution in [0.3, 0.4) is 0 Å². The summed E-state index contributed by atoms with van der Waals surface area (Å²) in [5.41, 5.74) is 0. The van der Waals surface area contributed by atoms with Gasteiger partial charge in [-0.05, 0) is 51.7 Å². The monoisotopic (exact) mass is 266 g/mol. The normalized spacial score (nSPS) is 37.8. The lowest BCUT2D eigenvalue weighted by Gasteiger charge is -2.39. The summed E-state index contributed by atoms with van der Waals surface area (Å²) in [4.78, 5) is 17.1. The Hall–Kier alpha value is -0.410. The molecule has 0 radical (unpaired) electrons. The van der Waals surface area contributed by atoms with Crippen molar-refractivity contribution >= 4 is 5.78 Å². The lowest BCUT2D eigenvalue weighted by atomic mass is 9.74. The number of piperidine rings is 1. The third-order valence-electron chi connectivity index (χ3n) is 5.13. The van der Waals surface area contributed by atoms with E-state index in [1.54, 1.807) is 0 Å². The molecule has 0 aromatic heterocycles. The second-order valence-corrected chi connectivity index (χ2v) is 7.09. The fraction of sp³-hybridized carbons (Fsp3) is 0.938. The molecule has 19 heavy (non-hydrogen) atoms. The number of Topliss-reactive ketones (excluding diaryl/α,β-unsaturated/α-hetero) is 1. The molecule has 2 rings (SSSR count). The Balaban J connectivity index is 1.90. The minimum absolute atomic E-state index is 0.272. The van der Waals surface area contributed by atoms with Gasteiger partial charge in [0.2, 0.25) is 0 Å². The molecule has 1 heterocycles. The van der Waals surface area contributed by atoms with Crippen LogP contribution in [0.15, 0.2) is 0 Å². The molecule has 3 heteroatoms. The molecule has 1 saturated heterocycles. The Morgan fingerprint density at radius 3 is 2.74 bits per heavy atom. The van der Waals surface area contributed by atoms with Gasteiger partial charge in [-0.25, -0.2) is 0 Å². The summed E-state index contributed by atoms with van der Waals surface area (Å²) in [5, 5.41) is 0. The van der Waals surface area contributed by atoms with Gasteiger partial charge in [0.05, 0.1) is 0 Å². The van der Waals surface area contributed by atoms with Gasteiger partial charge >= 0.3 is 0 Å². The molecule has 0 bridgehead atoms. The number of hydrogen-bond donors (Lipinski definition) is 0. The van der Waals surface area contributed by atoms with Gasteiger partial charge in [0.15, 0.2) is 0 Å². The predicted molar refractivity (Wildman–Crippen MR) is 79.2 cm³/mol. The van der Waals surface area contributed by atoms with Crippen LogP contribution in [0.2, 0.25) is 0 Å². The zero-order chi connectivity index (χ0) is 14.0. The summed E-state index contributed by atoms with van der Waals surface area (Å²) in [6.45, 7) is 7.82. The van der Waals surface area contributed by atoms with E-state index in [1.807, 2.05) is 0 Å². The highest BCUT2D eigenvalue weighted by atomic mass is 16.1. The van der Waals surface area contributed by atoms with E-state index in [2.05, 4.69) is 37.7 Å². The molecule has 0 amide bonds. The van der Waals surface area contributed by atoms with E-state index in [0.29, 0.717) is 23.7 Å². The zero-order valence-corrected chi connectivity index (χ0v) is 13.1. The zero-order valence-electron chi connectivity index (χ0n) is 13.1. The maximum Gasteiger partial charge on any atom is 0.137 e. The van der Waals surface area contributed by atoms with E-state index in [1.165, 1.54) is 25.8 Å². The molecule has 2 aliphatic rings. The van der Waals surface area contributed by atoms with Crippen molar-refractivity contribution in [2.45, 2.75) is 45.6 Å². The van der Waals surface area contributed by atoms with Crippen LogP contribution in [0, 0.1) is 17.8 Å². The van der Waals surface area contributed by atoms with Crippen LogP contribution in [0.1, 0.15) is 39.5 Å². The van der Waals surface area contributed by atoms with Gasteiger partial charge in [-0.2, -0.15) is 0 Å². The van der Waals surface area contributed by atoms with Crippen LogP contribution in [-0.4, -0.2) is 55.4 Å². The Morgan fingerprint density at radius 2 is 2.11 bits per heavy atom. The van der Waals surface area contributed by atoms with Gasteiger partial charge in [-0.1, -0.05) is 13.8 Å². The molecule has 2 fully saturated rings. The third kappa shape index (κ3) is 3.79. The van der Waals surface area contributed by atoms with Crippen molar-refractivity contribution in [1.29, 1.82) is 0 Å². The highest BCUT2D eigenvalue weighted by molar-refractivity contribution is 5.82. The van der Waals surface area contributed by atoms with Gasteiger partial charge in [0.25, 0.3) is 0 Å². The van der Waals surface area contributed by atoms with Crippen LogP contribution in [-0.2, 0) is 4.79 Å². The van der Waals surface area contributed by atoms with Crippen molar-refractivity contribution in [3.63, 3.8) is 0 Å². The number of nitrogens with zero attached hydrogens (tertiary/aromatic N) is 2. The molecule has 0 aromatic carbocycles. The Bertz CT molecular complexity index is 318. The Morgan fingerprint density at radius 1 is 1.37 bits per heavy atom. The van der Waals surface area contributed by atoms with Crippen molar-refractivity contribution in [3.8, 4) is 0 Å². The molecule has 3 nitrogen and oxygen atoms in total. The van der Waals surface area contributed by atoms with Crippen LogP contribution in [0.5, 0.6) is 0 Å². The largest absolute Gasteiger partial charge is 0.305 e. The standard InChI is InChI=1S/C16H30N2O/c1-12-8-13(2)15(16(19)9-12)11-18(4)14-6-5-7-17(3)10-14/h12-15H,5-11H2,1-4H3. The van der Waals surface area contributed by atoms with Crippen molar-refractivity contribution in [3.05, 3.63) is 0 Å². The second kappa shape index (κ2) is 6.36. The average molecular weight is 266 g/mol. The first kappa shape index (κ1) is 15.0. The van der Waals surface area contributed by atoms with Crippen molar-refractivity contribution < 1.29 is 4.79 Å². The highest BCUT2D eigenvalue weighted by Crippen LogP contribution is 2.32. The molecule has 0 spiro atoms. The van der Waals surface area contributed by atoms with Gasteiger partial charge in [0, 0.05) is 31.5 Å². The summed E-state index contributed by atoms with van der Waals surface area (Å²) in [6.07, 6.45) is 4.59. The summed E-state index contributed by atoms with van der Waals surface area (Å²) < 4.78 is 0.